The highest BCUT2D eigenvalue weighted by Crippen LogP contribution is 2.40. The van der Waals surface area contributed by atoms with Crippen molar-refractivity contribution in [3.8, 4) is 0 Å². The molecule has 3 heterocycles. The first kappa shape index (κ1) is 6.40. The maximum atomic E-state index is 5.69. The first-order valence-electron chi connectivity index (χ1n) is 4.50. The summed E-state index contributed by atoms with van der Waals surface area (Å²) < 4.78 is 0. The molecule has 0 aromatic heterocycles. The summed E-state index contributed by atoms with van der Waals surface area (Å²) in [7, 11) is 2.14. The third kappa shape index (κ3) is 0.789. The van der Waals surface area contributed by atoms with E-state index < -0.39 is 0 Å². The Labute approximate surface area is 66.8 Å². The average Bonchev–Trinajstić information content (AvgIpc) is 1.98. The maximum absolute atomic E-state index is 5.69. The lowest BCUT2D eigenvalue weighted by Gasteiger charge is -2.55. The standard InChI is InChI=1S/C8H14N2O/c1-9-7-2-6-3-8(4-7)11-10(9)5-6/h6-8H,2-5H2,1H3. The minimum Gasteiger partial charge on any atom is -0.281 e. The summed E-state index contributed by atoms with van der Waals surface area (Å²) in [6.45, 7) is 1.13. The summed E-state index contributed by atoms with van der Waals surface area (Å²) >= 11 is 0. The lowest BCUT2D eigenvalue weighted by molar-refractivity contribution is -0.390. The van der Waals surface area contributed by atoms with E-state index in [4.69, 9.17) is 4.84 Å². The Morgan fingerprint density at radius 3 is 2.91 bits per heavy atom. The van der Waals surface area contributed by atoms with Gasteiger partial charge in [-0.1, -0.05) is 0 Å². The Kier molecular flexibility index (Phi) is 1.15. The van der Waals surface area contributed by atoms with Gasteiger partial charge < -0.3 is 0 Å². The second-order valence-corrected chi connectivity index (χ2v) is 4.06. The van der Waals surface area contributed by atoms with E-state index in [-0.39, 0.29) is 0 Å². The SMILES string of the molecule is CN1C2CC3CC(C2)ON1C3. The smallest absolute Gasteiger partial charge is 0.0828 e. The fourth-order valence-corrected chi connectivity index (χ4v) is 2.71. The summed E-state index contributed by atoms with van der Waals surface area (Å²) in [4.78, 5) is 5.69. The summed E-state index contributed by atoms with van der Waals surface area (Å²) in [5, 5.41) is 4.34. The molecule has 4 bridgehead atoms. The number of hydrogen-bond donors (Lipinski definition) is 0. The van der Waals surface area contributed by atoms with Gasteiger partial charge in [0.15, 0.2) is 0 Å². The normalized spacial score (nSPS) is 55.4. The maximum Gasteiger partial charge on any atom is 0.0828 e. The predicted octanol–water partition coefficient (Wildman–Crippen LogP) is 0.631. The first-order valence-corrected chi connectivity index (χ1v) is 4.50. The third-order valence-electron chi connectivity index (χ3n) is 3.30. The molecule has 0 spiro atoms. The molecule has 4 rings (SSSR count). The van der Waals surface area contributed by atoms with Crippen LogP contribution in [0.3, 0.4) is 0 Å². The van der Waals surface area contributed by atoms with Crippen molar-refractivity contribution in [3.63, 3.8) is 0 Å². The molecule has 3 nitrogen and oxygen atoms in total. The van der Waals surface area contributed by atoms with Gasteiger partial charge in [-0.2, -0.15) is 0 Å². The Hall–Kier alpha value is -0.120. The molecule has 1 saturated carbocycles. The second kappa shape index (κ2) is 1.97. The van der Waals surface area contributed by atoms with E-state index in [1.165, 1.54) is 19.3 Å². The average molecular weight is 154 g/mol. The van der Waals surface area contributed by atoms with E-state index in [0.29, 0.717) is 6.10 Å². The summed E-state index contributed by atoms with van der Waals surface area (Å²) in [6, 6.07) is 0.779. The zero-order valence-corrected chi connectivity index (χ0v) is 6.86. The molecule has 4 fully saturated rings. The zero-order chi connectivity index (χ0) is 7.42. The van der Waals surface area contributed by atoms with Crippen LogP contribution in [-0.4, -0.2) is 35.9 Å². The van der Waals surface area contributed by atoms with Crippen LogP contribution in [0.5, 0.6) is 0 Å². The lowest BCUT2D eigenvalue weighted by atomic mass is 9.81. The van der Waals surface area contributed by atoms with Crippen molar-refractivity contribution in [2.75, 3.05) is 13.6 Å². The Morgan fingerprint density at radius 1 is 1.27 bits per heavy atom. The molecule has 0 radical (unpaired) electrons. The Morgan fingerprint density at radius 2 is 2.18 bits per heavy atom. The fraction of sp³-hybridized carbons (Fsp3) is 1.00. The minimum absolute atomic E-state index is 0.545. The topological polar surface area (TPSA) is 15.7 Å². The third-order valence-corrected chi connectivity index (χ3v) is 3.30. The molecule has 4 aliphatic rings. The Bertz CT molecular complexity index is 155. The van der Waals surface area contributed by atoms with E-state index >= 15 is 0 Å². The van der Waals surface area contributed by atoms with Gasteiger partial charge in [0.2, 0.25) is 0 Å². The molecule has 4 atom stereocenters. The molecule has 0 N–H and O–H groups in total. The molecule has 0 aromatic carbocycles. The van der Waals surface area contributed by atoms with Crippen molar-refractivity contribution in [1.29, 1.82) is 0 Å². The van der Waals surface area contributed by atoms with Gasteiger partial charge in [-0.25, -0.2) is 5.01 Å². The fourth-order valence-electron chi connectivity index (χ4n) is 2.71. The molecule has 0 amide bonds. The number of hydrogen-bond acceptors (Lipinski definition) is 3. The number of nitrogens with zero attached hydrogens (tertiary/aromatic N) is 2. The van der Waals surface area contributed by atoms with Crippen molar-refractivity contribution in [2.45, 2.75) is 31.4 Å². The summed E-state index contributed by atoms with van der Waals surface area (Å²) in [6.07, 6.45) is 4.50. The molecule has 0 aromatic rings. The van der Waals surface area contributed by atoms with Crippen LogP contribution in [0.1, 0.15) is 19.3 Å². The van der Waals surface area contributed by atoms with E-state index in [0.717, 1.165) is 18.5 Å². The van der Waals surface area contributed by atoms with Crippen molar-refractivity contribution in [1.82, 2.24) is 10.2 Å². The van der Waals surface area contributed by atoms with Gasteiger partial charge in [-0.15, -0.1) is 5.17 Å². The Balaban J connectivity index is 1.91. The van der Waals surface area contributed by atoms with Gasteiger partial charge in [-0.3, -0.25) is 4.84 Å². The van der Waals surface area contributed by atoms with Crippen LogP contribution in [0, 0.1) is 5.92 Å². The molecule has 11 heavy (non-hydrogen) atoms. The quantitative estimate of drug-likeness (QED) is 0.509. The van der Waals surface area contributed by atoms with Crippen LogP contribution in [0.25, 0.3) is 0 Å². The number of rotatable bonds is 0. The van der Waals surface area contributed by atoms with Crippen LogP contribution in [0.2, 0.25) is 0 Å². The van der Waals surface area contributed by atoms with Crippen molar-refractivity contribution in [3.05, 3.63) is 0 Å². The van der Waals surface area contributed by atoms with Crippen LogP contribution >= 0.6 is 0 Å². The van der Waals surface area contributed by atoms with Crippen LogP contribution in [0.15, 0.2) is 0 Å². The number of hydroxylamine groups is 1. The molecule has 62 valence electrons. The predicted molar refractivity (Wildman–Crippen MR) is 40.5 cm³/mol. The molecular weight excluding hydrogens is 140 g/mol. The molecular formula is C8H14N2O. The lowest BCUT2D eigenvalue weighted by Crippen LogP contribution is -2.63. The van der Waals surface area contributed by atoms with Gasteiger partial charge in [0.05, 0.1) is 6.10 Å². The van der Waals surface area contributed by atoms with Gasteiger partial charge in [-0.05, 0) is 25.2 Å². The molecule has 3 aliphatic heterocycles. The highest BCUT2D eigenvalue weighted by molar-refractivity contribution is 4.90. The van der Waals surface area contributed by atoms with Gasteiger partial charge >= 0.3 is 0 Å². The molecule has 4 unspecified atom stereocenters. The monoisotopic (exact) mass is 154 g/mol. The minimum atomic E-state index is 0.545. The largest absolute Gasteiger partial charge is 0.281 e. The summed E-state index contributed by atoms with van der Waals surface area (Å²) in [5.41, 5.74) is 0. The molecule has 3 heteroatoms. The van der Waals surface area contributed by atoms with Crippen LogP contribution in [-0.2, 0) is 4.84 Å². The van der Waals surface area contributed by atoms with Crippen molar-refractivity contribution in [2.24, 2.45) is 5.92 Å². The first-order chi connectivity index (χ1) is 5.33. The number of hydrazine groups is 1. The van der Waals surface area contributed by atoms with E-state index in [1.54, 1.807) is 0 Å². The highest BCUT2D eigenvalue weighted by Gasteiger charge is 2.45. The second-order valence-electron chi connectivity index (χ2n) is 4.06. The van der Waals surface area contributed by atoms with E-state index in [2.05, 4.69) is 17.2 Å². The molecule has 1 aliphatic carbocycles. The molecule has 3 saturated heterocycles. The van der Waals surface area contributed by atoms with Crippen LogP contribution in [0.4, 0.5) is 0 Å². The van der Waals surface area contributed by atoms with Gasteiger partial charge in [0.1, 0.15) is 0 Å². The van der Waals surface area contributed by atoms with E-state index in [1.807, 2.05) is 0 Å². The van der Waals surface area contributed by atoms with E-state index in [9.17, 15) is 0 Å². The van der Waals surface area contributed by atoms with Gasteiger partial charge in [0.25, 0.3) is 0 Å². The van der Waals surface area contributed by atoms with Crippen LogP contribution < -0.4 is 0 Å². The van der Waals surface area contributed by atoms with Crippen molar-refractivity contribution < 1.29 is 4.84 Å². The van der Waals surface area contributed by atoms with Crippen molar-refractivity contribution >= 4 is 0 Å². The highest BCUT2D eigenvalue weighted by atomic mass is 16.7. The van der Waals surface area contributed by atoms with Gasteiger partial charge in [0, 0.05) is 19.6 Å². The summed E-state index contributed by atoms with van der Waals surface area (Å²) in [5.74, 6) is 0.920. The zero-order valence-electron chi connectivity index (χ0n) is 6.86.